The van der Waals surface area contributed by atoms with Gasteiger partial charge in [0.05, 0.1) is 12.8 Å². The smallest absolute Gasteiger partial charge is 0.303 e. The van der Waals surface area contributed by atoms with Crippen LogP contribution in [0.3, 0.4) is 0 Å². The van der Waals surface area contributed by atoms with Gasteiger partial charge in [-0.15, -0.1) is 0 Å². The summed E-state index contributed by atoms with van der Waals surface area (Å²) in [5.74, 6) is 1.31. The molecule has 3 atom stereocenters. The van der Waals surface area contributed by atoms with E-state index in [0.717, 1.165) is 136 Å². The fourth-order valence-corrected chi connectivity index (χ4v) is 7.46. The number of hydrogen-bond donors (Lipinski definition) is 5. The molecule has 6 rings (SSSR count). The van der Waals surface area contributed by atoms with Gasteiger partial charge in [0.25, 0.3) is 0 Å². The van der Waals surface area contributed by atoms with Crippen LogP contribution in [0.2, 0.25) is 0 Å². The summed E-state index contributed by atoms with van der Waals surface area (Å²) in [6.07, 6.45) is 21.3. The quantitative estimate of drug-likeness (QED) is 0.0552. The van der Waals surface area contributed by atoms with Crippen molar-refractivity contribution >= 4 is 29.5 Å². The third-order valence-electron chi connectivity index (χ3n) is 10.8. The zero-order valence-electron chi connectivity index (χ0n) is 33.8. The lowest BCUT2D eigenvalue weighted by atomic mass is 9.92. The molecule has 4 aromatic heterocycles. The van der Waals surface area contributed by atoms with Crippen molar-refractivity contribution in [2.75, 3.05) is 10.6 Å². The van der Waals surface area contributed by atoms with Gasteiger partial charge < -0.3 is 26.0 Å². The van der Waals surface area contributed by atoms with Crippen molar-refractivity contribution in [3.8, 4) is 0 Å². The first-order valence-electron chi connectivity index (χ1n) is 20.7. The minimum absolute atomic E-state index is 0.0343. The molecule has 14 heteroatoms. The molecule has 0 aliphatic carbocycles. The summed E-state index contributed by atoms with van der Waals surface area (Å²) in [7, 11) is 0. The number of rotatable bonds is 20. The van der Waals surface area contributed by atoms with Crippen molar-refractivity contribution in [2.24, 2.45) is 0 Å². The van der Waals surface area contributed by atoms with Gasteiger partial charge in [-0.05, 0) is 118 Å². The van der Waals surface area contributed by atoms with E-state index in [1.165, 1.54) is 5.56 Å². The zero-order chi connectivity index (χ0) is 41.3. The number of aromatic nitrogens is 6. The fourth-order valence-electron chi connectivity index (χ4n) is 7.46. The number of carbonyl (C=O) groups excluding carboxylic acids is 1. The summed E-state index contributed by atoms with van der Waals surface area (Å²) in [5, 5.41) is 34.0. The number of fused-ring (bicyclic) bond motifs is 2. The number of aliphatic carboxylic acids is 2. The predicted molar refractivity (Wildman–Crippen MR) is 220 cm³/mol. The molecule has 1 amide bonds. The summed E-state index contributed by atoms with van der Waals surface area (Å²) in [5.41, 5.74) is 6.14. The highest BCUT2D eigenvalue weighted by molar-refractivity contribution is 5.92. The number of hydrogen-bond acceptors (Lipinski definition) is 11. The van der Waals surface area contributed by atoms with Gasteiger partial charge >= 0.3 is 11.9 Å². The van der Waals surface area contributed by atoms with E-state index in [9.17, 15) is 29.7 Å². The van der Waals surface area contributed by atoms with Crippen LogP contribution < -0.4 is 10.6 Å². The van der Waals surface area contributed by atoms with Crippen LogP contribution in [-0.4, -0.2) is 69.3 Å². The Balaban J connectivity index is 0.000000221. The Morgan fingerprint density at radius 3 is 1.62 bits per heavy atom. The zero-order valence-corrected chi connectivity index (χ0v) is 33.8. The monoisotopic (exact) mass is 794 g/mol. The van der Waals surface area contributed by atoms with Crippen LogP contribution in [0.4, 0.5) is 11.6 Å². The highest BCUT2D eigenvalue weighted by atomic mass is 16.4. The van der Waals surface area contributed by atoms with Gasteiger partial charge in [-0.1, -0.05) is 50.7 Å². The topological polar surface area (TPSA) is 213 Å². The number of unbranched alkanes of at least 4 members (excludes halogenated alkanes) is 6. The van der Waals surface area contributed by atoms with Crippen LogP contribution >= 0.6 is 0 Å². The van der Waals surface area contributed by atoms with E-state index in [1.807, 2.05) is 13.8 Å². The molecule has 58 heavy (non-hydrogen) atoms. The summed E-state index contributed by atoms with van der Waals surface area (Å²) in [6.45, 7) is 3.65. The minimum Gasteiger partial charge on any atom is -0.481 e. The highest BCUT2D eigenvalue weighted by Gasteiger charge is 2.19. The lowest BCUT2D eigenvalue weighted by Crippen LogP contribution is -2.25. The summed E-state index contributed by atoms with van der Waals surface area (Å²) in [6, 6.07) is 8.31. The van der Waals surface area contributed by atoms with E-state index >= 15 is 0 Å². The molecule has 0 aromatic carbocycles. The molecule has 0 bridgehead atoms. The molecule has 0 saturated carbocycles. The predicted octanol–water partition coefficient (Wildman–Crippen LogP) is 7.42. The number of aliphatic hydroxyl groups excluding tert-OH is 1. The molecule has 0 fully saturated rings. The number of anilines is 2. The Bertz CT molecular complexity index is 1940. The van der Waals surface area contributed by atoms with Crippen molar-refractivity contribution < 1.29 is 29.7 Å². The van der Waals surface area contributed by atoms with Crippen LogP contribution in [0.1, 0.15) is 147 Å². The first-order chi connectivity index (χ1) is 28.0. The SMILES string of the molecule is Cc1ncc([C@@H](CCCCCCc2ccc3c(n2)NC(=O)CC3)CC(=O)O)cn1.Cc1ncc([C@@H](CCCCCCc2ccc3c(n2)NC(O)CC3)CC(=O)O)cn1. The van der Waals surface area contributed by atoms with Crippen molar-refractivity contribution in [3.05, 3.63) is 94.3 Å². The van der Waals surface area contributed by atoms with Crippen LogP contribution in [0, 0.1) is 13.8 Å². The molecule has 2 aliphatic heterocycles. The molecule has 0 saturated heterocycles. The average Bonchev–Trinajstić information content (AvgIpc) is 3.20. The normalized spacial score (nSPS) is 15.4. The summed E-state index contributed by atoms with van der Waals surface area (Å²) in [4.78, 5) is 59.9. The van der Waals surface area contributed by atoms with Gasteiger partial charge in [0.15, 0.2) is 0 Å². The molecule has 0 radical (unpaired) electrons. The molecular weight excluding hydrogens is 737 g/mol. The number of aryl methyl sites for hydroxylation is 6. The van der Waals surface area contributed by atoms with E-state index in [1.54, 1.807) is 24.8 Å². The second-order valence-corrected chi connectivity index (χ2v) is 15.5. The standard InChI is InChI=1S/C22H30N4O3.C22H28N4O3/c2*1-15-23-13-18(14-24-15)17(12-21(28)29)6-4-2-3-5-7-19-10-8-16-9-11-20(27)26-22(16)25-19/h8,10,13-14,17,20,27H,2-7,9,11-12H2,1H3,(H,25,26)(H,28,29);8,10,13-14,17H,2-7,9,11-12H2,1H3,(H,28,29)(H,25,26,27)/t17-,20?;17-/m00/s1. The first kappa shape index (κ1) is 43.7. The van der Waals surface area contributed by atoms with Gasteiger partial charge in [0, 0.05) is 42.6 Å². The van der Waals surface area contributed by atoms with E-state index in [-0.39, 0.29) is 30.6 Å². The van der Waals surface area contributed by atoms with E-state index < -0.39 is 18.2 Å². The molecular formula is C44H58N8O6. The van der Waals surface area contributed by atoms with Gasteiger partial charge in [0.1, 0.15) is 29.5 Å². The van der Waals surface area contributed by atoms with Gasteiger partial charge in [-0.3, -0.25) is 14.4 Å². The molecule has 2 aliphatic rings. The lowest BCUT2D eigenvalue weighted by molar-refractivity contribution is -0.138. The van der Waals surface area contributed by atoms with Crippen molar-refractivity contribution in [3.63, 3.8) is 0 Å². The summed E-state index contributed by atoms with van der Waals surface area (Å²) >= 11 is 0. The highest BCUT2D eigenvalue weighted by Crippen LogP contribution is 2.28. The van der Waals surface area contributed by atoms with Crippen LogP contribution in [-0.2, 0) is 40.1 Å². The molecule has 1 unspecified atom stereocenters. The second kappa shape index (κ2) is 22.5. The van der Waals surface area contributed by atoms with E-state index in [2.05, 4.69) is 64.8 Å². The molecule has 310 valence electrons. The van der Waals surface area contributed by atoms with Gasteiger partial charge in [-0.2, -0.15) is 0 Å². The number of aliphatic hydroxyl groups is 1. The number of carboxylic acid groups (broad SMARTS) is 2. The van der Waals surface area contributed by atoms with Crippen LogP contribution in [0.15, 0.2) is 49.1 Å². The average molecular weight is 795 g/mol. The van der Waals surface area contributed by atoms with Crippen LogP contribution in [0.5, 0.6) is 0 Å². The Labute approximate surface area is 340 Å². The fraction of sp³-hybridized carbons (Fsp3) is 0.523. The van der Waals surface area contributed by atoms with Crippen molar-refractivity contribution in [1.82, 2.24) is 29.9 Å². The third-order valence-corrected chi connectivity index (χ3v) is 10.8. The molecule has 4 aromatic rings. The maximum absolute atomic E-state index is 11.5. The molecule has 5 N–H and O–H groups in total. The summed E-state index contributed by atoms with van der Waals surface area (Å²) < 4.78 is 0. The van der Waals surface area contributed by atoms with Crippen molar-refractivity contribution in [2.45, 2.75) is 147 Å². The lowest BCUT2D eigenvalue weighted by Gasteiger charge is -2.22. The number of nitrogens with one attached hydrogen (secondary N) is 2. The molecule has 14 nitrogen and oxygen atoms in total. The number of nitrogens with zero attached hydrogens (tertiary/aromatic N) is 6. The Hall–Kier alpha value is -5.37. The minimum atomic E-state index is -0.791. The molecule has 6 heterocycles. The first-order valence-corrected chi connectivity index (χ1v) is 20.7. The maximum atomic E-state index is 11.5. The Morgan fingerprint density at radius 1 is 0.655 bits per heavy atom. The largest absolute Gasteiger partial charge is 0.481 e. The number of carbonyl (C=O) groups is 3. The van der Waals surface area contributed by atoms with Gasteiger partial charge in [-0.25, -0.2) is 29.9 Å². The number of amides is 1. The molecule has 0 spiro atoms. The Morgan fingerprint density at radius 2 is 1.12 bits per heavy atom. The van der Waals surface area contributed by atoms with Crippen LogP contribution in [0.25, 0.3) is 0 Å². The van der Waals surface area contributed by atoms with Crippen molar-refractivity contribution in [1.29, 1.82) is 0 Å². The Kier molecular flexibility index (Phi) is 17.0. The number of carboxylic acids is 2. The van der Waals surface area contributed by atoms with E-state index in [4.69, 9.17) is 0 Å². The third kappa shape index (κ3) is 14.5. The number of pyridine rings is 2. The van der Waals surface area contributed by atoms with Gasteiger partial charge in [0.2, 0.25) is 5.91 Å². The second-order valence-electron chi connectivity index (χ2n) is 15.5. The maximum Gasteiger partial charge on any atom is 0.303 e. The van der Waals surface area contributed by atoms with E-state index in [0.29, 0.717) is 18.1 Å².